The first-order valence-corrected chi connectivity index (χ1v) is 5.79. The van der Waals surface area contributed by atoms with Crippen molar-refractivity contribution in [2.45, 2.75) is 34.1 Å². The second-order valence-electron chi connectivity index (χ2n) is 5.54. The molecule has 0 aliphatic rings. The second-order valence-corrected chi connectivity index (χ2v) is 5.54. The van der Waals surface area contributed by atoms with Crippen molar-refractivity contribution < 1.29 is 4.79 Å². The Kier molecular flexibility index (Phi) is 3.80. The molecule has 0 spiro atoms. The summed E-state index contributed by atoms with van der Waals surface area (Å²) in [7, 11) is 1.72. The Balaban J connectivity index is 2.65. The van der Waals surface area contributed by atoms with E-state index in [1.54, 1.807) is 14.0 Å². The summed E-state index contributed by atoms with van der Waals surface area (Å²) < 4.78 is 1.52. The summed E-state index contributed by atoms with van der Waals surface area (Å²) in [5, 5.41) is 6.99. The van der Waals surface area contributed by atoms with Crippen molar-refractivity contribution in [3.63, 3.8) is 0 Å². The van der Waals surface area contributed by atoms with Crippen LogP contribution in [0.5, 0.6) is 0 Å². The van der Waals surface area contributed by atoms with Crippen LogP contribution in [0.1, 0.15) is 43.4 Å². The zero-order valence-corrected chi connectivity index (χ0v) is 11.3. The molecule has 0 fully saturated rings. The van der Waals surface area contributed by atoms with Gasteiger partial charge in [-0.25, -0.2) is 0 Å². The lowest BCUT2D eigenvalue weighted by molar-refractivity contribution is 0.0941. The number of hydrogen-bond acceptors (Lipinski definition) is 3. The van der Waals surface area contributed by atoms with Gasteiger partial charge >= 0.3 is 0 Å². The van der Waals surface area contributed by atoms with Crippen molar-refractivity contribution in [1.29, 1.82) is 0 Å². The minimum Gasteiger partial charge on any atom is -0.395 e. The van der Waals surface area contributed by atoms with E-state index < -0.39 is 0 Å². The number of nitrogen functional groups attached to an aromatic ring is 1. The highest BCUT2D eigenvalue weighted by Gasteiger charge is 2.18. The normalized spacial score (nSPS) is 11.6. The number of hydrogen-bond donors (Lipinski definition) is 2. The van der Waals surface area contributed by atoms with E-state index in [0.717, 1.165) is 6.42 Å². The summed E-state index contributed by atoms with van der Waals surface area (Å²) in [6.07, 6.45) is 0.926. The van der Waals surface area contributed by atoms with E-state index in [-0.39, 0.29) is 11.3 Å². The van der Waals surface area contributed by atoms with E-state index in [4.69, 9.17) is 5.73 Å². The van der Waals surface area contributed by atoms with Crippen LogP contribution in [-0.4, -0.2) is 22.2 Å². The highest BCUT2D eigenvalue weighted by atomic mass is 16.2. The number of anilines is 1. The Morgan fingerprint density at radius 1 is 1.47 bits per heavy atom. The molecular formula is C12H22N4O. The topological polar surface area (TPSA) is 72.9 Å². The summed E-state index contributed by atoms with van der Waals surface area (Å²) in [5.41, 5.74) is 7.62. The Bertz CT molecular complexity index is 415. The third-order valence-electron chi connectivity index (χ3n) is 2.64. The van der Waals surface area contributed by atoms with Crippen molar-refractivity contribution in [1.82, 2.24) is 15.1 Å². The molecule has 0 saturated heterocycles. The van der Waals surface area contributed by atoms with Crippen molar-refractivity contribution in [3.05, 3.63) is 11.4 Å². The van der Waals surface area contributed by atoms with Crippen molar-refractivity contribution >= 4 is 11.6 Å². The number of aryl methyl sites for hydroxylation is 2. The number of amides is 1. The van der Waals surface area contributed by atoms with E-state index in [0.29, 0.717) is 23.6 Å². The molecule has 0 atom stereocenters. The molecule has 0 radical (unpaired) electrons. The fraction of sp³-hybridized carbons (Fsp3) is 0.667. The molecule has 0 unspecified atom stereocenters. The zero-order chi connectivity index (χ0) is 13.2. The summed E-state index contributed by atoms with van der Waals surface area (Å²) in [4.78, 5) is 11.9. The molecule has 0 aliphatic carbocycles. The predicted molar refractivity (Wildman–Crippen MR) is 68.8 cm³/mol. The lowest BCUT2D eigenvalue weighted by atomic mass is 9.92. The van der Waals surface area contributed by atoms with Crippen LogP contribution in [0.15, 0.2) is 0 Å². The van der Waals surface area contributed by atoms with Crippen molar-refractivity contribution in [2.24, 2.45) is 12.5 Å². The van der Waals surface area contributed by atoms with Gasteiger partial charge in [0.2, 0.25) is 0 Å². The lowest BCUT2D eigenvalue weighted by Gasteiger charge is -2.18. The quantitative estimate of drug-likeness (QED) is 0.837. The van der Waals surface area contributed by atoms with Gasteiger partial charge in [0.1, 0.15) is 5.69 Å². The molecule has 5 heteroatoms. The van der Waals surface area contributed by atoms with Gasteiger partial charge in [-0.2, -0.15) is 5.10 Å². The summed E-state index contributed by atoms with van der Waals surface area (Å²) in [6.45, 7) is 8.86. The van der Waals surface area contributed by atoms with E-state index in [9.17, 15) is 4.79 Å². The minimum absolute atomic E-state index is 0.158. The van der Waals surface area contributed by atoms with Gasteiger partial charge in [-0.15, -0.1) is 0 Å². The number of nitrogens with two attached hydrogens (primary N) is 1. The van der Waals surface area contributed by atoms with Crippen LogP contribution in [-0.2, 0) is 7.05 Å². The smallest absolute Gasteiger partial charge is 0.271 e. The molecule has 1 heterocycles. The molecule has 96 valence electrons. The minimum atomic E-state index is -0.158. The number of nitrogens with zero attached hydrogens (tertiary/aromatic N) is 2. The van der Waals surface area contributed by atoms with E-state index in [2.05, 4.69) is 31.2 Å². The van der Waals surface area contributed by atoms with Crippen LogP contribution in [0.25, 0.3) is 0 Å². The highest BCUT2D eigenvalue weighted by molar-refractivity contribution is 5.97. The van der Waals surface area contributed by atoms with Gasteiger partial charge in [-0.1, -0.05) is 20.8 Å². The van der Waals surface area contributed by atoms with Gasteiger partial charge in [0.15, 0.2) is 0 Å². The zero-order valence-electron chi connectivity index (χ0n) is 11.3. The van der Waals surface area contributed by atoms with E-state index >= 15 is 0 Å². The van der Waals surface area contributed by atoms with Gasteiger partial charge in [0, 0.05) is 13.6 Å². The average Bonchev–Trinajstić information content (AvgIpc) is 2.38. The van der Waals surface area contributed by atoms with Crippen LogP contribution >= 0.6 is 0 Å². The van der Waals surface area contributed by atoms with Crippen LogP contribution in [0, 0.1) is 12.3 Å². The van der Waals surface area contributed by atoms with Crippen LogP contribution in [0.2, 0.25) is 0 Å². The number of carbonyl (C=O) groups is 1. The van der Waals surface area contributed by atoms with Gasteiger partial charge in [-0.05, 0) is 18.8 Å². The second kappa shape index (κ2) is 4.77. The molecule has 1 rings (SSSR count). The Labute approximate surface area is 102 Å². The molecule has 0 aliphatic heterocycles. The average molecular weight is 238 g/mol. The first kappa shape index (κ1) is 13.5. The SMILES string of the molecule is Cc1nn(C)c(C(=O)NCCC(C)(C)C)c1N. The Hall–Kier alpha value is -1.52. The summed E-state index contributed by atoms with van der Waals surface area (Å²) in [5.74, 6) is -0.158. The van der Waals surface area contributed by atoms with Gasteiger partial charge in [-0.3, -0.25) is 9.48 Å². The molecule has 3 N–H and O–H groups in total. The molecule has 1 amide bonds. The predicted octanol–water partition coefficient (Wildman–Crippen LogP) is 1.48. The number of rotatable bonds is 3. The summed E-state index contributed by atoms with van der Waals surface area (Å²) in [6, 6.07) is 0. The van der Waals surface area contributed by atoms with Gasteiger partial charge in [0.25, 0.3) is 5.91 Å². The Morgan fingerprint density at radius 3 is 2.47 bits per heavy atom. The number of carbonyl (C=O) groups excluding carboxylic acids is 1. The van der Waals surface area contributed by atoms with E-state index in [1.165, 1.54) is 4.68 Å². The standard InChI is InChI=1S/C12H22N4O/c1-8-9(13)10(16(5)15-8)11(17)14-7-6-12(2,3)4/h6-7,13H2,1-5H3,(H,14,17). The maximum Gasteiger partial charge on any atom is 0.271 e. The molecular weight excluding hydrogens is 216 g/mol. The third kappa shape index (κ3) is 3.47. The first-order valence-electron chi connectivity index (χ1n) is 5.79. The van der Waals surface area contributed by atoms with Crippen LogP contribution in [0.4, 0.5) is 5.69 Å². The molecule has 0 bridgehead atoms. The van der Waals surface area contributed by atoms with Crippen LogP contribution < -0.4 is 11.1 Å². The molecule has 5 nitrogen and oxygen atoms in total. The Morgan fingerprint density at radius 2 is 2.06 bits per heavy atom. The number of aromatic nitrogens is 2. The maximum absolute atomic E-state index is 11.9. The van der Waals surface area contributed by atoms with Crippen molar-refractivity contribution in [2.75, 3.05) is 12.3 Å². The molecule has 17 heavy (non-hydrogen) atoms. The largest absolute Gasteiger partial charge is 0.395 e. The van der Waals surface area contributed by atoms with Crippen molar-refractivity contribution in [3.8, 4) is 0 Å². The van der Waals surface area contributed by atoms with Gasteiger partial charge in [0.05, 0.1) is 11.4 Å². The summed E-state index contributed by atoms with van der Waals surface area (Å²) >= 11 is 0. The fourth-order valence-corrected chi connectivity index (χ4v) is 1.58. The molecule has 1 aromatic heterocycles. The highest BCUT2D eigenvalue weighted by Crippen LogP contribution is 2.18. The number of nitrogens with one attached hydrogen (secondary N) is 1. The monoisotopic (exact) mass is 238 g/mol. The van der Waals surface area contributed by atoms with Gasteiger partial charge < -0.3 is 11.1 Å². The molecule has 1 aromatic rings. The fourth-order valence-electron chi connectivity index (χ4n) is 1.58. The van der Waals surface area contributed by atoms with Crippen LogP contribution in [0.3, 0.4) is 0 Å². The van der Waals surface area contributed by atoms with E-state index in [1.807, 2.05) is 0 Å². The molecule has 0 saturated carbocycles. The molecule has 0 aromatic carbocycles. The first-order chi connectivity index (χ1) is 7.72. The maximum atomic E-state index is 11.9. The third-order valence-corrected chi connectivity index (χ3v) is 2.64. The lowest BCUT2D eigenvalue weighted by Crippen LogP contribution is -2.29.